The van der Waals surface area contributed by atoms with Gasteiger partial charge in [-0.3, -0.25) is 38.4 Å². The summed E-state index contributed by atoms with van der Waals surface area (Å²) < 4.78 is 92.8. The number of aliphatic hydroxyl groups is 17. The van der Waals surface area contributed by atoms with Crippen molar-refractivity contribution in [2.45, 2.75) is 285 Å². The third-order valence-electron chi connectivity index (χ3n) is 20.8. The lowest BCUT2D eigenvalue weighted by Crippen LogP contribution is -2.68. The fraction of sp³-hybridized carbons (Fsp3) is 0.861. The van der Waals surface area contributed by atoms with Gasteiger partial charge in [0.1, 0.15) is 134 Å². The number of aliphatic hydroxyl groups excluding tert-OH is 17. The standard InChI is InChI=1S/C72H112O48S8/c73-34(74)2-11-121-10-1-26-42(89)50(97)65(105)114-58-27(19-122-12-3-35(75)76)108-67(52(99)43(58)90)116-60-29(21-124-14-5-37(79)80)110-69(54(101)45(60)92)118-62-31(23-126-16-7-39(83)84)112-71(56(103)47(62)94)120-64-33(25-128-18-9-41(87)88)113-72(57(104)49(64)96)119-63-32(24-127-17-8-40(85)86)111-70(55(102)48(63)95)117-61-30(22-125-15-6-38(81)82)109-68(53(100)46(61)93)115-59-28(20-123-13-4-36(77)78)107-66(106-26)51(98)44(59)91/h26-33,43-49,51-72,89-105H,1-25H2,(H,73,74)(H,75,76)(H,77,78)(H,79,80)(H,81,82)(H,83,84)(H,85,86)(H,87,88). The second-order valence-corrected chi connectivity index (χ2v) is 39.5. The molecule has 7 saturated heterocycles. The summed E-state index contributed by atoms with van der Waals surface area (Å²) in [5.74, 6) is -17.3. The summed E-state index contributed by atoms with van der Waals surface area (Å²) in [5.41, 5.74) is 0. The Hall–Kier alpha value is -3.30. The van der Waals surface area contributed by atoms with Crippen molar-refractivity contribution in [1.82, 2.24) is 0 Å². The van der Waals surface area contributed by atoms with E-state index >= 15 is 0 Å². The van der Waals surface area contributed by atoms with E-state index < -0.39 is 373 Å². The number of fused-ring (bicyclic) bond motifs is 1. The van der Waals surface area contributed by atoms with Crippen LogP contribution in [0, 0.1) is 0 Å². The minimum atomic E-state index is -2.83. The van der Waals surface area contributed by atoms with E-state index in [9.17, 15) is 166 Å². The fourth-order valence-electron chi connectivity index (χ4n) is 14.1. The Bertz CT molecular complexity index is 3510. The number of hydrogen-bond acceptors (Lipinski definition) is 48. The van der Waals surface area contributed by atoms with Crippen LogP contribution in [0.25, 0.3) is 0 Å². The van der Waals surface area contributed by atoms with Crippen LogP contribution < -0.4 is 0 Å². The summed E-state index contributed by atoms with van der Waals surface area (Å²) in [4.78, 5) is 93.9. The molecular weight excluding hydrogens is 1890 g/mol. The highest BCUT2D eigenvalue weighted by molar-refractivity contribution is 8.00. The zero-order valence-corrected chi connectivity index (χ0v) is 74.4. The summed E-state index contributed by atoms with van der Waals surface area (Å²) in [6.07, 6.45) is -82.1. The average molecular weight is 2000 g/mol. The van der Waals surface area contributed by atoms with E-state index in [2.05, 4.69) is 0 Å². The molecule has 128 heavy (non-hydrogen) atoms. The number of carboxylic acid groups (broad SMARTS) is 8. The highest BCUT2D eigenvalue weighted by Crippen LogP contribution is 2.42. The topological polar surface area (TPSA) is 781 Å². The average Bonchev–Trinajstić information content (AvgIpc) is 0.775. The van der Waals surface area contributed by atoms with Gasteiger partial charge in [0.15, 0.2) is 55.5 Å². The van der Waals surface area contributed by atoms with Crippen LogP contribution in [0.1, 0.15) is 57.8 Å². The van der Waals surface area contributed by atoms with Crippen LogP contribution >= 0.6 is 94.1 Å². The first-order valence-electron chi connectivity index (χ1n) is 40.2. The molecule has 48 nitrogen and oxygen atoms in total. The zero-order valence-electron chi connectivity index (χ0n) is 67.9. The van der Waals surface area contributed by atoms with Crippen molar-refractivity contribution in [3.63, 3.8) is 0 Å². The SMILES string of the molecule is O=C(O)CCSCCC1OC2OC(CSCCC(=O)O)C(OC3OC(CSCCC(=O)O)C(OC4OC(CSCCC(=O)O)C(OC5OC(CSCCC(=O)O)C(OC6OC(CSCCC(=O)O)C(OC7OC(CSCCC(=O)O)C(OC8OC(CSCCC(=O)O)C(OC(O)C(O)=C1O)C(O)C8O)C(O)C7O)C(O)C6O)C(O)C5O)C(O)C4O)C(O)C3O)C(O)C2O. The monoisotopic (exact) mass is 2000 g/mol. The molecule has 37 unspecified atom stereocenters. The Morgan fingerprint density at radius 1 is 0.203 bits per heavy atom. The number of carbonyl (C=O) groups is 8. The van der Waals surface area contributed by atoms with E-state index in [4.69, 9.17) is 71.1 Å². The number of aliphatic carboxylic acids is 8. The van der Waals surface area contributed by atoms with Crippen molar-refractivity contribution in [3.05, 3.63) is 11.5 Å². The fourth-order valence-corrected chi connectivity index (χ4v) is 21.9. The maximum Gasteiger partial charge on any atom is 0.304 e. The molecule has 18 aliphatic rings. The van der Waals surface area contributed by atoms with Gasteiger partial charge in [0.05, 0.1) is 94.1 Å². The van der Waals surface area contributed by atoms with Crippen molar-refractivity contribution < 1.29 is 237 Å². The van der Waals surface area contributed by atoms with Gasteiger partial charge >= 0.3 is 47.8 Å². The summed E-state index contributed by atoms with van der Waals surface area (Å²) >= 11 is 6.96. The van der Waals surface area contributed by atoms with E-state index in [1.54, 1.807) is 0 Å². The third kappa shape index (κ3) is 32.2. The zero-order chi connectivity index (χ0) is 94.1. The first kappa shape index (κ1) is 110. The number of rotatable bonds is 41. The molecule has 25 N–H and O–H groups in total. The molecule has 0 amide bonds. The molecule has 18 rings (SSSR count). The molecule has 14 bridgehead atoms. The predicted octanol–water partition coefficient (Wildman–Crippen LogP) is -6.09. The Balaban J connectivity index is 1.23. The van der Waals surface area contributed by atoms with Crippen LogP contribution in [0.3, 0.4) is 0 Å². The highest BCUT2D eigenvalue weighted by Gasteiger charge is 2.60. The quantitative estimate of drug-likeness (QED) is 0.0253. The van der Waals surface area contributed by atoms with Crippen molar-refractivity contribution >= 4 is 142 Å². The molecule has 0 aliphatic carbocycles. The van der Waals surface area contributed by atoms with Crippen LogP contribution in [0.15, 0.2) is 11.5 Å². The highest BCUT2D eigenvalue weighted by atomic mass is 32.2. The third-order valence-corrected chi connectivity index (χ3v) is 29.2. The van der Waals surface area contributed by atoms with Gasteiger partial charge in [-0.2, -0.15) is 94.1 Å². The smallest absolute Gasteiger partial charge is 0.304 e. The second-order valence-electron chi connectivity index (χ2n) is 30.2. The molecule has 0 aromatic rings. The number of thioether (sulfide) groups is 8. The van der Waals surface area contributed by atoms with Gasteiger partial charge in [-0.15, -0.1) is 0 Å². The molecule has 0 spiro atoms. The van der Waals surface area contributed by atoms with Crippen LogP contribution in [-0.2, 0) is 109 Å². The van der Waals surface area contributed by atoms with Gasteiger partial charge < -0.3 is 199 Å². The van der Waals surface area contributed by atoms with Crippen LogP contribution in [-0.4, -0.2) is 495 Å². The maximum absolute atomic E-state index is 12.3. The second kappa shape index (κ2) is 54.0. The minimum Gasteiger partial charge on any atom is -0.506 e. The molecule has 18 heterocycles. The van der Waals surface area contributed by atoms with Crippen LogP contribution in [0.2, 0.25) is 0 Å². The van der Waals surface area contributed by atoms with Gasteiger partial charge in [-0.1, -0.05) is 0 Å². The molecule has 18 aliphatic heterocycles. The molecule has 37 atom stereocenters. The first-order valence-corrected chi connectivity index (χ1v) is 49.4. The van der Waals surface area contributed by atoms with E-state index in [0.29, 0.717) is 0 Å². The van der Waals surface area contributed by atoms with Crippen molar-refractivity contribution in [1.29, 1.82) is 0 Å². The summed E-state index contributed by atoms with van der Waals surface area (Å²) in [5, 5.41) is 282. The van der Waals surface area contributed by atoms with Crippen molar-refractivity contribution in [3.8, 4) is 0 Å². The lowest BCUT2D eigenvalue weighted by atomic mass is 9.95. The predicted molar refractivity (Wildman–Crippen MR) is 443 cm³/mol. The minimum absolute atomic E-state index is 0.0827. The van der Waals surface area contributed by atoms with Gasteiger partial charge in [-0.25, -0.2) is 0 Å². The van der Waals surface area contributed by atoms with Gasteiger partial charge in [0.2, 0.25) is 6.29 Å². The molecular formula is C72H112O48S8. The normalized spacial score (nSPS) is 39.4. The first-order chi connectivity index (χ1) is 60.7. The summed E-state index contributed by atoms with van der Waals surface area (Å²) in [7, 11) is 0. The summed E-state index contributed by atoms with van der Waals surface area (Å²) in [6, 6.07) is 0. The molecule has 0 saturated carbocycles. The van der Waals surface area contributed by atoms with E-state index in [0.717, 1.165) is 94.1 Å². The lowest BCUT2D eigenvalue weighted by molar-refractivity contribution is -0.391. The van der Waals surface area contributed by atoms with Crippen molar-refractivity contribution in [2.24, 2.45) is 0 Å². The number of carboxylic acids is 8. The number of hydrogen-bond donors (Lipinski definition) is 25. The molecule has 0 aromatic carbocycles. The molecule has 7 fully saturated rings. The Labute approximate surface area is 763 Å². The van der Waals surface area contributed by atoms with Crippen molar-refractivity contribution in [2.75, 3.05) is 92.0 Å². The lowest BCUT2D eigenvalue weighted by Gasteiger charge is -2.50. The van der Waals surface area contributed by atoms with Gasteiger partial charge in [-0.05, 0) is 12.2 Å². The van der Waals surface area contributed by atoms with Crippen LogP contribution in [0.4, 0.5) is 0 Å². The Kier molecular flexibility index (Phi) is 46.4. The molecule has 736 valence electrons. The van der Waals surface area contributed by atoms with Crippen LogP contribution in [0.5, 0.6) is 0 Å². The Morgan fingerprint density at radius 2 is 0.367 bits per heavy atom. The molecule has 0 radical (unpaired) electrons. The molecule has 0 aromatic heterocycles. The summed E-state index contributed by atoms with van der Waals surface area (Å²) in [6.45, 7) is 0. The van der Waals surface area contributed by atoms with Gasteiger partial charge in [0, 0.05) is 86.3 Å². The van der Waals surface area contributed by atoms with E-state index in [1.165, 1.54) is 0 Å². The maximum atomic E-state index is 12.3. The molecule has 56 heteroatoms. The van der Waals surface area contributed by atoms with E-state index in [1.807, 2.05) is 0 Å². The largest absolute Gasteiger partial charge is 0.506 e. The van der Waals surface area contributed by atoms with E-state index in [-0.39, 0.29) is 63.3 Å². The Morgan fingerprint density at radius 3 is 0.547 bits per heavy atom. The number of ether oxygens (including phenoxy) is 15. The van der Waals surface area contributed by atoms with Gasteiger partial charge in [0.25, 0.3) is 0 Å².